The van der Waals surface area contributed by atoms with Gasteiger partial charge in [-0.3, -0.25) is 4.79 Å². The van der Waals surface area contributed by atoms with Crippen molar-refractivity contribution in [2.75, 3.05) is 18.0 Å². The smallest absolute Gasteiger partial charge is 0.220 e. The molecule has 1 amide bonds. The number of nitrogens with zero attached hydrogens (tertiary/aromatic N) is 3. The van der Waals surface area contributed by atoms with Crippen LogP contribution in [0.25, 0.3) is 22.3 Å². The number of fused-ring (bicyclic) bond motifs is 1. The number of phenolic OH excluding ortho intramolecular Hbond substituents is 1. The molecule has 6 heteroatoms. The number of benzene rings is 2. The minimum absolute atomic E-state index is 0.139. The molecule has 0 radical (unpaired) electrons. The molecule has 0 aliphatic carbocycles. The monoisotopic (exact) mass is 390 g/mol. The first kappa shape index (κ1) is 19.2. The number of hydrogen-bond acceptors (Lipinski definition) is 5. The minimum atomic E-state index is 0.139. The van der Waals surface area contributed by atoms with Gasteiger partial charge in [-0.2, -0.15) is 0 Å². The third kappa shape index (κ3) is 4.16. The fourth-order valence-electron chi connectivity index (χ4n) is 3.85. The summed E-state index contributed by atoms with van der Waals surface area (Å²) in [4.78, 5) is 23.7. The highest BCUT2D eigenvalue weighted by Crippen LogP contribution is 2.32. The largest absolute Gasteiger partial charge is 0.507 e. The van der Waals surface area contributed by atoms with Gasteiger partial charge < -0.3 is 15.3 Å². The Balaban J connectivity index is 1.62. The van der Waals surface area contributed by atoms with Crippen LogP contribution in [0.4, 0.5) is 5.82 Å². The normalized spacial score (nSPS) is 14.9. The molecule has 1 saturated heterocycles. The number of aromatic hydroxyl groups is 1. The number of nitrogens with one attached hydrogen (secondary N) is 1. The third-order valence-electron chi connectivity index (χ3n) is 5.36. The summed E-state index contributed by atoms with van der Waals surface area (Å²) in [5.74, 6) is 1.72. The average Bonchev–Trinajstić information content (AvgIpc) is 2.74. The highest BCUT2D eigenvalue weighted by atomic mass is 16.3. The van der Waals surface area contributed by atoms with Crippen LogP contribution < -0.4 is 10.2 Å². The molecule has 1 aromatic heterocycles. The van der Waals surface area contributed by atoms with Gasteiger partial charge in [0.1, 0.15) is 11.6 Å². The van der Waals surface area contributed by atoms with E-state index in [4.69, 9.17) is 4.98 Å². The van der Waals surface area contributed by atoms with Crippen LogP contribution in [0.1, 0.15) is 32.6 Å². The number of aromatic nitrogens is 2. The topological polar surface area (TPSA) is 78.4 Å². The molecule has 4 rings (SSSR count). The van der Waals surface area contributed by atoms with E-state index in [-0.39, 0.29) is 17.7 Å². The van der Waals surface area contributed by atoms with Gasteiger partial charge in [0, 0.05) is 30.9 Å². The Bertz CT molecular complexity index is 1010. The summed E-state index contributed by atoms with van der Waals surface area (Å²) >= 11 is 0. The molecule has 150 valence electrons. The predicted molar refractivity (Wildman–Crippen MR) is 115 cm³/mol. The van der Waals surface area contributed by atoms with E-state index in [1.165, 1.54) is 0 Å². The van der Waals surface area contributed by atoms with E-state index >= 15 is 0 Å². The fourth-order valence-corrected chi connectivity index (χ4v) is 3.85. The van der Waals surface area contributed by atoms with Gasteiger partial charge in [0.25, 0.3) is 0 Å². The molecule has 2 N–H and O–H groups in total. The number of carbonyl (C=O) groups is 1. The highest BCUT2D eigenvalue weighted by molar-refractivity contribution is 5.91. The Morgan fingerprint density at radius 3 is 2.59 bits per heavy atom. The molecule has 3 aromatic rings. The van der Waals surface area contributed by atoms with E-state index in [1.54, 1.807) is 12.1 Å². The van der Waals surface area contributed by atoms with Crippen LogP contribution >= 0.6 is 0 Å². The molecule has 0 atom stereocenters. The first-order valence-electron chi connectivity index (χ1n) is 10.2. The molecule has 0 saturated carbocycles. The molecule has 0 unspecified atom stereocenters. The van der Waals surface area contributed by atoms with Crippen molar-refractivity contribution in [2.24, 2.45) is 0 Å². The van der Waals surface area contributed by atoms with Gasteiger partial charge in [0.05, 0.1) is 11.1 Å². The summed E-state index contributed by atoms with van der Waals surface area (Å²) in [7, 11) is 0. The van der Waals surface area contributed by atoms with Crippen molar-refractivity contribution < 1.29 is 9.90 Å². The minimum Gasteiger partial charge on any atom is -0.507 e. The molecule has 2 heterocycles. The summed E-state index contributed by atoms with van der Waals surface area (Å²) in [6.07, 6.45) is 3.23. The van der Waals surface area contributed by atoms with E-state index in [1.807, 2.05) is 43.3 Å². The Morgan fingerprint density at radius 1 is 1.10 bits per heavy atom. The molecular formula is C23H26N4O2. The van der Waals surface area contributed by atoms with Gasteiger partial charge in [-0.15, -0.1) is 0 Å². The van der Waals surface area contributed by atoms with Crippen molar-refractivity contribution in [3.05, 3.63) is 48.5 Å². The maximum atomic E-state index is 11.9. The summed E-state index contributed by atoms with van der Waals surface area (Å²) in [6.45, 7) is 3.65. The van der Waals surface area contributed by atoms with Crippen LogP contribution in [0.3, 0.4) is 0 Å². The summed E-state index contributed by atoms with van der Waals surface area (Å²) in [5.41, 5.74) is 1.48. The number of hydrogen-bond donors (Lipinski definition) is 2. The van der Waals surface area contributed by atoms with Crippen molar-refractivity contribution >= 4 is 22.6 Å². The van der Waals surface area contributed by atoms with E-state index < -0.39 is 0 Å². The first-order valence-corrected chi connectivity index (χ1v) is 10.2. The van der Waals surface area contributed by atoms with E-state index in [2.05, 4.69) is 15.2 Å². The number of amides is 1. The molecule has 0 bridgehead atoms. The van der Waals surface area contributed by atoms with E-state index in [0.717, 1.165) is 49.1 Å². The van der Waals surface area contributed by atoms with Crippen molar-refractivity contribution in [3.63, 3.8) is 0 Å². The first-order chi connectivity index (χ1) is 14.2. The van der Waals surface area contributed by atoms with E-state index in [0.29, 0.717) is 17.8 Å². The number of piperidine rings is 1. The van der Waals surface area contributed by atoms with Crippen LogP contribution in [-0.2, 0) is 4.79 Å². The highest BCUT2D eigenvalue weighted by Gasteiger charge is 2.23. The molecule has 1 fully saturated rings. The lowest BCUT2D eigenvalue weighted by Gasteiger charge is -2.34. The maximum absolute atomic E-state index is 11.9. The van der Waals surface area contributed by atoms with Crippen molar-refractivity contribution in [3.8, 4) is 17.1 Å². The Morgan fingerprint density at radius 2 is 1.83 bits per heavy atom. The predicted octanol–water partition coefficient (Wildman–Crippen LogP) is 3.89. The second-order valence-corrected chi connectivity index (χ2v) is 7.48. The molecule has 1 aliphatic heterocycles. The van der Waals surface area contributed by atoms with E-state index in [9.17, 15) is 9.90 Å². The molecular weight excluding hydrogens is 364 g/mol. The standard InChI is InChI=1S/C23H26N4O2/c1-2-7-21(29)24-16-12-14-27(15-13-16)23-17-8-3-5-10-19(17)25-22(26-23)18-9-4-6-11-20(18)28/h3-6,8-11,16,28H,2,7,12-15H2,1H3,(H,24,29). The van der Waals surface area contributed by atoms with Gasteiger partial charge in [0.2, 0.25) is 5.91 Å². The third-order valence-corrected chi connectivity index (χ3v) is 5.36. The van der Waals surface area contributed by atoms with Crippen LogP contribution in [0.2, 0.25) is 0 Å². The quantitative estimate of drug-likeness (QED) is 0.691. The van der Waals surface area contributed by atoms with Crippen molar-refractivity contribution in [1.82, 2.24) is 15.3 Å². The van der Waals surface area contributed by atoms with Crippen LogP contribution in [0.5, 0.6) is 5.75 Å². The van der Waals surface area contributed by atoms with Crippen LogP contribution in [0.15, 0.2) is 48.5 Å². The van der Waals surface area contributed by atoms with Crippen molar-refractivity contribution in [2.45, 2.75) is 38.6 Å². The second kappa shape index (κ2) is 8.47. The lowest BCUT2D eigenvalue weighted by Crippen LogP contribution is -2.45. The number of phenols is 1. The van der Waals surface area contributed by atoms with Gasteiger partial charge in [-0.25, -0.2) is 9.97 Å². The van der Waals surface area contributed by atoms with Crippen LogP contribution in [-0.4, -0.2) is 40.1 Å². The molecule has 6 nitrogen and oxygen atoms in total. The average molecular weight is 390 g/mol. The lowest BCUT2D eigenvalue weighted by molar-refractivity contribution is -0.121. The SMILES string of the molecule is CCCC(=O)NC1CCN(c2nc(-c3ccccc3O)nc3ccccc23)CC1. The zero-order valence-corrected chi connectivity index (χ0v) is 16.6. The van der Waals surface area contributed by atoms with Gasteiger partial charge in [-0.05, 0) is 43.5 Å². The number of carbonyl (C=O) groups excluding carboxylic acids is 1. The second-order valence-electron chi connectivity index (χ2n) is 7.48. The zero-order valence-electron chi connectivity index (χ0n) is 16.6. The Kier molecular flexibility index (Phi) is 5.60. The molecule has 2 aromatic carbocycles. The number of rotatable bonds is 5. The van der Waals surface area contributed by atoms with Gasteiger partial charge in [0.15, 0.2) is 5.82 Å². The molecule has 0 spiro atoms. The Labute approximate surface area is 170 Å². The summed E-state index contributed by atoms with van der Waals surface area (Å²) in [6, 6.07) is 15.3. The molecule has 1 aliphatic rings. The summed E-state index contributed by atoms with van der Waals surface area (Å²) < 4.78 is 0. The maximum Gasteiger partial charge on any atom is 0.220 e. The number of para-hydroxylation sites is 2. The zero-order chi connectivity index (χ0) is 20.2. The fraction of sp³-hybridized carbons (Fsp3) is 0.348. The van der Waals surface area contributed by atoms with Crippen molar-refractivity contribution in [1.29, 1.82) is 0 Å². The van der Waals surface area contributed by atoms with Crippen LogP contribution in [0, 0.1) is 0 Å². The number of anilines is 1. The van der Waals surface area contributed by atoms with Gasteiger partial charge in [-0.1, -0.05) is 31.2 Å². The summed E-state index contributed by atoms with van der Waals surface area (Å²) in [5, 5.41) is 14.4. The lowest BCUT2D eigenvalue weighted by atomic mass is 10.0. The molecule has 29 heavy (non-hydrogen) atoms. The van der Waals surface area contributed by atoms with Gasteiger partial charge >= 0.3 is 0 Å². The Hall–Kier alpha value is -3.15.